The topological polar surface area (TPSA) is 49.8 Å². The minimum atomic E-state index is -0.885. The summed E-state index contributed by atoms with van der Waals surface area (Å²) in [6, 6.07) is 9.37. The fraction of sp³-hybridized carbons (Fsp3) is 0.222. The minimum absolute atomic E-state index is 0.233. The lowest BCUT2D eigenvalue weighted by atomic mass is 10.1. The first-order valence-corrected chi connectivity index (χ1v) is 3.72. The summed E-state index contributed by atoms with van der Waals surface area (Å²) in [4.78, 5) is 10.4. The molecule has 0 bridgehead atoms. The van der Waals surface area contributed by atoms with Gasteiger partial charge in [-0.15, -0.1) is 0 Å². The number of carboxylic acids is 1. The molecule has 0 saturated carbocycles. The summed E-state index contributed by atoms with van der Waals surface area (Å²) in [6.07, 6.45) is -0.865. The number of hydrogen-bond donors (Lipinski definition) is 1. The number of carboxylic acid groups (broad SMARTS) is 1. The van der Waals surface area contributed by atoms with E-state index in [4.69, 9.17) is 9.84 Å². The van der Waals surface area contributed by atoms with Crippen molar-refractivity contribution < 1.29 is 14.6 Å². The van der Waals surface area contributed by atoms with Crippen molar-refractivity contribution in [3.05, 3.63) is 35.9 Å². The average Bonchev–Trinajstić information content (AvgIpc) is 2.84. The Hall–Kier alpha value is -1.35. The first-order chi connectivity index (χ1) is 5.79. The van der Waals surface area contributed by atoms with E-state index in [0.717, 1.165) is 5.56 Å². The van der Waals surface area contributed by atoms with Crippen molar-refractivity contribution in [3.8, 4) is 0 Å². The average molecular weight is 164 g/mol. The van der Waals surface area contributed by atoms with Crippen LogP contribution in [0.2, 0.25) is 0 Å². The third kappa shape index (κ3) is 1.19. The molecule has 1 aliphatic rings. The summed E-state index contributed by atoms with van der Waals surface area (Å²) in [5, 5.41) is 8.56. The van der Waals surface area contributed by atoms with Gasteiger partial charge in [0.1, 0.15) is 6.10 Å². The van der Waals surface area contributed by atoms with Crippen LogP contribution in [0.3, 0.4) is 0 Å². The second-order valence-corrected chi connectivity index (χ2v) is 2.73. The van der Waals surface area contributed by atoms with Gasteiger partial charge in [0, 0.05) is 0 Å². The molecule has 0 radical (unpaired) electrons. The van der Waals surface area contributed by atoms with Crippen molar-refractivity contribution >= 4 is 5.97 Å². The Bertz CT molecular complexity index is 294. The number of hydrogen-bond acceptors (Lipinski definition) is 2. The van der Waals surface area contributed by atoms with E-state index in [1.54, 1.807) is 0 Å². The molecular formula is C9H8O3. The maximum absolute atomic E-state index is 10.4. The highest BCUT2D eigenvalue weighted by Gasteiger charge is 2.46. The van der Waals surface area contributed by atoms with Crippen LogP contribution in [0.5, 0.6) is 0 Å². The standard InChI is InChI=1S/C9H8O3/c10-9(11)8-7(12-8)6-4-2-1-3-5-6/h1-5,7-8H,(H,10,11)/t7?,8-/m0/s1. The number of rotatable bonds is 2. The van der Waals surface area contributed by atoms with Crippen molar-refractivity contribution in [2.45, 2.75) is 12.2 Å². The van der Waals surface area contributed by atoms with Crippen molar-refractivity contribution in [1.82, 2.24) is 0 Å². The Morgan fingerprint density at radius 3 is 2.50 bits per heavy atom. The van der Waals surface area contributed by atoms with Gasteiger partial charge in [-0.25, -0.2) is 4.79 Å². The number of aliphatic carboxylic acids is 1. The molecule has 1 fully saturated rings. The van der Waals surface area contributed by atoms with Gasteiger partial charge in [-0.05, 0) is 5.56 Å². The fourth-order valence-corrected chi connectivity index (χ4v) is 1.20. The molecule has 1 aromatic carbocycles. The van der Waals surface area contributed by atoms with E-state index >= 15 is 0 Å². The number of benzene rings is 1. The highest BCUT2D eigenvalue weighted by molar-refractivity contribution is 5.76. The van der Waals surface area contributed by atoms with E-state index in [1.807, 2.05) is 30.3 Å². The molecule has 1 aliphatic heterocycles. The molecule has 2 atom stereocenters. The smallest absolute Gasteiger partial charge is 0.335 e. The quantitative estimate of drug-likeness (QED) is 0.668. The predicted molar refractivity (Wildman–Crippen MR) is 41.7 cm³/mol. The second kappa shape index (κ2) is 2.60. The molecule has 1 N–H and O–H groups in total. The van der Waals surface area contributed by atoms with E-state index in [2.05, 4.69) is 0 Å². The van der Waals surface area contributed by atoms with Crippen LogP contribution >= 0.6 is 0 Å². The molecule has 1 heterocycles. The van der Waals surface area contributed by atoms with Gasteiger partial charge in [-0.2, -0.15) is 0 Å². The Labute approximate surface area is 69.6 Å². The lowest BCUT2D eigenvalue weighted by Crippen LogP contribution is -2.04. The molecule has 3 heteroatoms. The van der Waals surface area contributed by atoms with E-state index in [9.17, 15) is 4.79 Å². The monoisotopic (exact) mass is 164 g/mol. The van der Waals surface area contributed by atoms with Crippen LogP contribution in [-0.4, -0.2) is 17.2 Å². The van der Waals surface area contributed by atoms with Crippen LogP contribution in [0, 0.1) is 0 Å². The molecule has 0 aliphatic carbocycles. The number of carbonyl (C=O) groups is 1. The third-order valence-corrected chi connectivity index (χ3v) is 1.86. The van der Waals surface area contributed by atoms with Gasteiger partial charge in [0.25, 0.3) is 0 Å². The molecule has 0 spiro atoms. The predicted octanol–water partition coefficient (Wildman–Crippen LogP) is 1.21. The minimum Gasteiger partial charge on any atom is -0.479 e. The van der Waals surface area contributed by atoms with E-state index < -0.39 is 12.1 Å². The Morgan fingerprint density at radius 2 is 2.00 bits per heavy atom. The molecule has 12 heavy (non-hydrogen) atoms. The summed E-state index contributed by atoms with van der Waals surface area (Å²) in [5.74, 6) is -0.885. The van der Waals surface area contributed by atoms with Gasteiger partial charge in [0.05, 0.1) is 0 Å². The van der Waals surface area contributed by atoms with Crippen LogP contribution in [0.15, 0.2) is 30.3 Å². The van der Waals surface area contributed by atoms with E-state index in [0.29, 0.717) is 0 Å². The molecule has 0 aromatic heterocycles. The lowest BCUT2D eigenvalue weighted by Gasteiger charge is -1.91. The van der Waals surface area contributed by atoms with Crippen LogP contribution in [0.1, 0.15) is 11.7 Å². The first kappa shape index (κ1) is 7.31. The van der Waals surface area contributed by atoms with Gasteiger partial charge in [0.15, 0.2) is 6.10 Å². The van der Waals surface area contributed by atoms with Gasteiger partial charge >= 0.3 is 5.97 Å². The van der Waals surface area contributed by atoms with Crippen molar-refractivity contribution in [3.63, 3.8) is 0 Å². The zero-order chi connectivity index (χ0) is 8.55. The maximum atomic E-state index is 10.4. The summed E-state index contributed by atoms with van der Waals surface area (Å²) >= 11 is 0. The highest BCUT2D eigenvalue weighted by Crippen LogP contribution is 2.38. The largest absolute Gasteiger partial charge is 0.479 e. The molecule has 1 saturated heterocycles. The molecule has 62 valence electrons. The van der Waals surface area contributed by atoms with Crippen molar-refractivity contribution in [2.24, 2.45) is 0 Å². The van der Waals surface area contributed by atoms with Crippen LogP contribution in [-0.2, 0) is 9.53 Å². The van der Waals surface area contributed by atoms with E-state index in [-0.39, 0.29) is 6.10 Å². The summed E-state index contributed by atoms with van der Waals surface area (Å²) in [6.45, 7) is 0. The van der Waals surface area contributed by atoms with Crippen molar-refractivity contribution in [1.29, 1.82) is 0 Å². The molecular weight excluding hydrogens is 156 g/mol. The lowest BCUT2D eigenvalue weighted by molar-refractivity contribution is -0.138. The maximum Gasteiger partial charge on any atom is 0.335 e. The van der Waals surface area contributed by atoms with Crippen LogP contribution in [0.4, 0.5) is 0 Å². The fourth-order valence-electron chi connectivity index (χ4n) is 1.20. The van der Waals surface area contributed by atoms with Gasteiger partial charge in [0.2, 0.25) is 0 Å². The molecule has 0 amide bonds. The zero-order valence-corrected chi connectivity index (χ0v) is 6.31. The SMILES string of the molecule is O=C(O)[C@H]1OC1c1ccccc1. The second-order valence-electron chi connectivity index (χ2n) is 2.73. The molecule has 3 nitrogen and oxygen atoms in total. The van der Waals surface area contributed by atoms with Gasteiger partial charge in [-0.3, -0.25) is 0 Å². The highest BCUT2D eigenvalue weighted by atomic mass is 16.6. The summed E-state index contributed by atoms with van der Waals surface area (Å²) in [7, 11) is 0. The zero-order valence-electron chi connectivity index (χ0n) is 6.31. The Kier molecular flexibility index (Phi) is 1.59. The molecule has 2 rings (SSSR count). The normalized spacial score (nSPS) is 26.7. The number of ether oxygens (including phenoxy) is 1. The third-order valence-electron chi connectivity index (χ3n) is 1.86. The number of epoxide rings is 1. The van der Waals surface area contributed by atoms with Crippen molar-refractivity contribution in [2.75, 3.05) is 0 Å². The molecule has 1 unspecified atom stereocenters. The summed E-state index contributed by atoms with van der Waals surface area (Å²) < 4.78 is 4.96. The van der Waals surface area contributed by atoms with Crippen LogP contribution in [0.25, 0.3) is 0 Å². The first-order valence-electron chi connectivity index (χ1n) is 3.72. The van der Waals surface area contributed by atoms with E-state index in [1.165, 1.54) is 0 Å². The summed E-state index contributed by atoms with van der Waals surface area (Å²) in [5.41, 5.74) is 0.935. The van der Waals surface area contributed by atoms with Gasteiger partial charge < -0.3 is 9.84 Å². The Balaban J connectivity index is 2.11. The van der Waals surface area contributed by atoms with Crippen LogP contribution < -0.4 is 0 Å². The van der Waals surface area contributed by atoms with Gasteiger partial charge in [-0.1, -0.05) is 30.3 Å². The Morgan fingerprint density at radius 1 is 1.33 bits per heavy atom. The molecule has 1 aromatic rings.